The molecule has 0 aromatic heterocycles. The van der Waals surface area contributed by atoms with Crippen molar-refractivity contribution in [2.75, 3.05) is 0 Å². The molecule has 2 rings (SSSR count). The van der Waals surface area contributed by atoms with Crippen molar-refractivity contribution in [2.24, 2.45) is 0 Å². The Bertz CT molecular complexity index is 534. The van der Waals surface area contributed by atoms with E-state index >= 15 is 0 Å². The predicted molar refractivity (Wildman–Crippen MR) is 74.1 cm³/mol. The van der Waals surface area contributed by atoms with Crippen LogP contribution in [0.1, 0.15) is 28.4 Å². The van der Waals surface area contributed by atoms with E-state index in [1.54, 1.807) is 0 Å². The fourth-order valence-corrected chi connectivity index (χ4v) is 2.25. The summed E-state index contributed by atoms with van der Waals surface area (Å²) in [7, 11) is 0. The summed E-state index contributed by atoms with van der Waals surface area (Å²) in [6.07, 6.45) is -0.562. The highest BCUT2D eigenvalue weighted by Gasteiger charge is 2.12. The Morgan fingerprint density at radius 2 is 1.71 bits per heavy atom. The number of benzene rings is 2. The maximum absolute atomic E-state index is 10.4. The standard InChI is InChI=1S/C15H15BrO/c1-10-5-3-4-6-13(10)15(17)12-8-7-11(2)14(16)9-12/h3-9,15,17H,1-2H3. The van der Waals surface area contributed by atoms with Gasteiger partial charge in [-0.1, -0.05) is 52.3 Å². The van der Waals surface area contributed by atoms with E-state index in [2.05, 4.69) is 15.9 Å². The van der Waals surface area contributed by atoms with Gasteiger partial charge in [0.1, 0.15) is 6.10 Å². The quantitative estimate of drug-likeness (QED) is 0.881. The van der Waals surface area contributed by atoms with Gasteiger partial charge in [-0.2, -0.15) is 0 Å². The molecule has 0 saturated heterocycles. The van der Waals surface area contributed by atoms with Crippen LogP contribution in [0.15, 0.2) is 46.9 Å². The van der Waals surface area contributed by atoms with E-state index in [4.69, 9.17) is 0 Å². The zero-order valence-corrected chi connectivity index (χ0v) is 11.5. The van der Waals surface area contributed by atoms with Crippen molar-refractivity contribution in [3.8, 4) is 0 Å². The van der Waals surface area contributed by atoms with Gasteiger partial charge in [0.15, 0.2) is 0 Å². The summed E-state index contributed by atoms with van der Waals surface area (Å²) in [5.41, 5.74) is 4.16. The molecule has 1 atom stereocenters. The second-order valence-corrected chi connectivity index (χ2v) is 5.12. The average Bonchev–Trinajstić information content (AvgIpc) is 2.32. The van der Waals surface area contributed by atoms with Crippen LogP contribution in [0.2, 0.25) is 0 Å². The van der Waals surface area contributed by atoms with Gasteiger partial charge in [0, 0.05) is 4.47 Å². The third-order valence-electron chi connectivity index (χ3n) is 2.99. The lowest BCUT2D eigenvalue weighted by Gasteiger charge is -2.15. The van der Waals surface area contributed by atoms with Crippen LogP contribution in [0.3, 0.4) is 0 Å². The van der Waals surface area contributed by atoms with E-state index in [1.807, 2.05) is 56.3 Å². The molecule has 1 nitrogen and oxygen atoms in total. The first-order valence-electron chi connectivity index (χ1n) is 5.59. The molecule has 0 fully saturated rings. The van der Waals surface area contributed by atoms with Crippen molar-refractivity contribution in [3.05, 3.63) is 69.2 Å². The first-order chi connectivity index (χ1) is 8.09. The van der Waals surface area contributed by atoms with Gasteiger partial charge in [0.05, 0.1) is 0 Å². The predicted octanol–water partition coefficient (Wildman–Crippen LogP) is 4.15. The minimum atomic E-state index is -0.562. The maximum Gasteiger partial charge on any atom is 0.104 e. The van der Waals surface area contributed by atoms with Crippen molar-refractivity contribution < 1.29 is 5.11 Å². The second-order valence-electron chi connectivity index (χ2n) is 4.27. The molecule has 1 N–H and O–H groups in total. The van der Waals surface area contributed by atoms with Crippen LogP contribution in [0, 0.1) is 13.8 Å². The lowest BCUT2D eigenvalue weighted by molar-refractivity contribution is 0.219. The summed E-state index contributed by atoms with van der Waals surface area (Å²) in [4.78, 5) is 0. The molecule has 0 aliphatic heterocycles. The highest BCUT2D eigenvalue weighted by atomic mass is 79.9. The lowest BCUT2D eigenvalue weighted by Crippen LogP contribution is -2.02. The van der Waals surface area contributed by atoms with E-state index < -0.39 is 6.10 Å². The third kappa shape index (κ3) is 2.59. The number of aliphatic hydroxyl groups excluding tert-OH is 1. The number of hydrogen-bond acceptors (Lipinski definition) is 1. The Morgan fingerprint density at radius 3 is 2.35 bits per heavy atom. The van der Waals surface area contributed by atoms with Crippen LogP contribution < -0.4 is 0 Å². The van der Waals surface area contributed by atoms with Crippen molar-refractivity contribution in [1.29, 1.82) is 0 Å². The number of halogens is 1. The van der Waals surface area contributed by atoms with E-state index in [0.29, 0.717) is 0 Å². The molecule has 0 heterocycles. The minimum absolute atomic E-state index is 0.562. The van der Waals surface area contributed by atoms with Crippen LogP contribution in [0.5, 0.6) is 0 Å². The molecule has 2 aromatic carbocycles. The molecule has 0 saturated carbocycles. The normalized spacial score (nSPS) is 12.5. The SMILES string of the molecule is Cc1ccc(C(O)c2ccccc2C)cc1Br. The van der Waals surface area contributed by atoms with Crippen LogP contribution in [-0.2, 0) is 0 Å². The number of aryl methyl sites for hydroxylation is 2. The molecule has 0 amide bonds. The first-order valence-corrected chi connectivity index (χ1v) is 6.38. The molecule has 1 unspecified atom stereocenters. The maximum atomic E-state index is 10.4. The lowest BCUT2D eigenvalue weighted by atomic mass is 9.97. The molecule has 17 heavy (non-hydrogen) atoms. The Labute approximate surface area is 110 Å². The van der Waals surface area contributed by atoms with Gasteiger partial charge in [0.25, 0.3) is 0 Å². The van der Waals surface area contributed by atoms with Crippen molar-refractivity contribution >= 4 is 15.9 Å². The van der Waals surface area contributed by atoms with Crippen molar-refractivity contribution in [3.63, 3.8) is 0 Å². The second kappa shape index (κ2) is 5.03. The molecule has 0 aliphatic rings. The van der Waals surface area contributed by atoms with Crippen molar-refractivity contribution in [1.82, 2.24) is 0 Å². The van der Waals surface area contributed by atoms with Gasteiger partial charge < -0.3 is 5.11 Å². The zero-order chi connectivity index (χ0) is 12.4. The summed E-state index contributed by atoms with van der Waals surface area (Å²) in [6, 6.07) is 13.9. The van der Waals surface area contributed by atoms with Gasteiger partial charge >= 0.3 is 0 Å². The fourth-order valence-electron chi connectivity index (χ4n) is 1.85. The Kier molecular flexibility index (Phi) is 3.65. The monoisotopic (exact) mass is 290 g/mol. The van der Waals surface area contributed by atoms with Gasteiger partial charge in [-0.25, -0.2) is 0 Å². The molecule has 2 heteroatoms. The summed E-state index contributed by atoms with van der Waals surface area (Å²) < 4.78 is 1.03. The molecule has 88 valence electrons. The van der Waals surface area contributed by atoms with Gasteiger partial charge in [-0.3, -0.25) is 0 Å². The molecule has 2 aromatic rings. The van der Waals surface area contributed by atoms with Crippen molar-refractivity contribution in [2.45, 2.75) is 20.0 Å². The highest BCUT2D eigenvalue weighted by Crippen LogP contribution is 2.27. The Morgan fingerprint density at radius 1 is 1.00 bits per heavy atom. The first kappa shape index (κ1) is 12.3. The summed E-state index contributed by atoms with van der Waals surface area (Å²) in [6.45, 7) is 4.05. The van der Waals surface area contributed by atoms with Crippen LogP contribution in [-0.4, -0.2) is 5.11 Å². The van der Waals surface area contributed by atoms with Gasteiger partial charge in [-0.05, 0) is 42.2 Å². The topological polar surface area (TPSA) is 20.2 Å². The van der Waals surface area contributed by atoms with Gasteiger partial charge in [0.2, 0.25) is 0 Å². The third-order valence-corrected chi connectivity index (χ3v) is 3.85. The summed E-state index contributed by atoms with van der Waals surface area (Å²) in [5.74, 6) is 0. The van der Waals surface area contributed by atoms with Gasteiger partial charge in [-0.15, -0.1) is 0 Å². The molecule has 0 bridgehead atoms. The molecular formula is C15H15BrO. The summed E-state index contributed by atoms with van der Waals surface area (Å²) in [5, 5.41) is 10.4. The molecule has 0 spiro atoms. The fraction of sp³-hybridized carbons (Fsp3) is 0.200. The molecular weight excluding hydrogens is 276 g/mol. The number of rotatable bonds is 2. The minimum Gasteiger partial charge on any atom is -0.384 e. The number of hydrogen-bond donors (Lipinski definition) is 1. The Balaban J connectivity index is 2.40. The Hall–Kier alpha value is -1.12. The average molecular weight is 291 g/mol. The highest BCUT2D eigenvalue weighted by molar-refractivity contribution is 9.10. The summed E-state index contributed by atoms with van der Waals surface area (Å²) >= 11 is 3.49. The van der Waals surface area contributed by atoms with Crippen LogP contribution in [0.25, 0.3) is 0 Å². The largest absolute Gasteiger partial charge is 0.384 e. The smallest absolute Gasteiger partial charge is 0.104 e. The number of aliphatic hydroxyl groups is 1. The van der Waals surface area contributed by atoms with E-state index in [-0.39, 0.29) is 0 Å². The molecule has 0 aliphatic carbocycles. The van der Waals surface area contributed by atoms with E-state index in [9.17, 15) is 5.11 Å². The van der Waals surface area contributed by atoms with E-state index in [1.165, 1.54) is 5.56 Å². The van der Waals surface area contributed by atoms with E-state index in [0.717, 1.165) is 21.2 Å². The zero-order valence-electron chi connectivity index (χ0n) is 9.94. The van der Waals surface area contributed by atoms with Crippen LogP contribution >= 0.6 is 15.9 Å². The van der Waals surface area contributed by atoms with Crippen LogP contribution in [0.4, 0.5) is 0 Å². The molecule has 0 radical (unpaired) electrons.